The molecule has 0 fully saturated rings. The van der Waals surface area contributed by atoms with E-state index in [2.05, 4.69) is 9.71 Å². The number of nitrogen functional groups attached to an aromatic ring is 1. The van der Waals surface area contributed by atoms with Gasteiger partial charge in [0.25, 0.3) is 10.0 Å². The van der Waals surface area contributed by atoms with Crippen LogP contribution in [-0.2, 0) is 10.0 Å². The fraction of sp³-hybridized carbons (Fsp3) is 0.0667. The molecule has 0 radical (unpaired) electrons. The number of anilines is 2. The van der Waals surface area contributed by atoms with Crippen molar-refractivity contribution in [1.29, 1.82) is 0 Å². The SMILES string of the molecule is Cc1cccc(NS(=O)(=O)c2c[nH]c3cc(N)ccc23)c1. The van der Waals surface area contributed by atoms with E-state index < -0.39 is 10.0 Å². The number of aromatic amines is 1. The van der Waals surface area contributed by atoms with Crippen molar-refractivity contribution in [2.45, 2.75) is 11.8 Å². The molecule has 0 saturated carbocycles. The number of rotatable bonds is 3. The monoisotopic (exact) mass is 301 g/mol. The van der Waals surface area contributed by atoms with Crippen molar-refractivity contribution in [3.05, 3.63) is 54.2 Å². The first-order chi connectivity index (χ1) is 9.95. The number of fused-ring (bicyclic) bond motifs is 1. The molecule has 3 aromatic rings. The van der Waals surface area contributed by atoms with Crippen LogP contribution in [0.5, 0.6) is 0 Å². The van der Waals surface area contributed by atoms with Crippen LogP contribution in [0.25, 0.3) is 10.9 Å². The van der Waals surface area contributed by atoms with E-state index in [4.69, 9.17) is 5.73 Å². The van der Waals surface area contributed by atoms with E-state index >= 15 is 0 Å². The maximum atomic E-state index is 12.5. The fourth-order valence-electron chi connectivity index (χ4n) is 2.26. The summed E-state index contributed by atoms with van der Waals surface area (Å²) in [5.41, 5.74) is 8.50. The van der Waals surface area contributed by atoms with E-state index in [1.54, 1.807) is 30.3 Å². The third-order valence-electron chi connectivity index (χ3n) is 3.23. The van der Waals surface area contributed by atoms with Gasteiger partial charge in [-0.3, -0.25) is 4.72 Å². The second kappa shape index (κ2) is 4.82. The molecular weight excluding hydrogens is 286 g/mol. The van der Waals surface area contributed by atoms with Gasteiger partial charge in [0.05, 0.1) is 0 Å². The first kappa shape index (κ1) is 13.5. The predicted octanol–water partition coefficient (Wildman–Crippen LogP) is 2.86. The molecule has 5 nitrogen and oxygen atoms in total. The topological polar surface area (TPSA) is 88.0 Å². The lowest BCUT2D eigenvalue weighted by atomic mass is 10.2. The Morgan fingerprint density at radius 1 is 1.14 bits per heavy atom. The van der Waals surface area contributed by atoms with Gasteiger partial charge in [0.2, 0.25) is 0 Å². The number of aryl methyl sites for hydroxylation is 1. The molecular formula is C15H15N3O2S. The maximum Gasteiger partial charge on any atom is 0.264 e. The van der Waals surface area contributed by atoms with E-state index in [9.17, 15) is 8.42 Å². The molecule has 4 N–H and O–H groups in total. The van der Waals surface area contributed by atoms with Crippen molar-refractivity contribution in [3.8, 4) is 0 Å². The Morgan fingerprint density at radius 2 is 1.95 bits per heavy atom. The molecule has 3 rings (SSSR count). The molecule has 0 aliphatic carbocycles. The third kappa shape index (κ3) is 2.57. The highest BCUT2D eigenvalue weighted by molar-refractivity contribution is 7.93. The summed E-state index contributed by atoms with van der Waals surface area (Å²) in [6.07, 6.45) is 1.47. The Balaban J connectivity index is 2.04. The minimum Gasteiger partial charge on any atom is -0.399 e. The lowest BCUT2D eigenvalue weighted by Crippen LogP contribution is -2.12. The zero-order chi connectivity index (χ0) is 15.0. The van der Waals surface area contributed by atoms with E-state index in [0.29, 0.717) is 22.3 Å². The molecule has 0 aliphatic heterocycles. The van der Waals surface area contributed by atoms with Crippen LogP contribution in [0.4, 0.5) is 11.4 Å². The summed E-state index contributed by atoms with van der Waals surface area (Å²) < 4.78 is 27.6. The van der Waals surface area contributed by atoms with Crippen molar-refractivity contribution in [1.82, 2.24) is 4.98 Å². The average molecular weight is 301 g/mol. The van der Waals surface area contributed by atoms with Gasteiger partial charge in [0.15, 0.2) is 0 Å². The highest BCUT2D eigenvalue weighted by Crippen LogP contribution is 2.26. The highest BCUT2D eigenvalue weighted by Gasteiger charge is 2.19. The quantitative estimate of drug-likeness (QED) is 0.650. The number of hydrogen-bond donors (Lipinski definition) is 3. The predicted molar refractivity (Wildman–Crippen MR) is 84.7 cm³/mol. The van der Waals surface area contributed by atoms with Crippen LogP contribution in [0.2, 0.25) is 0 Å². The fourth-order valence-corrected chi connectivity index (χ4v) is 3.49. The summed E-state index contributed by atoms with van der Waals surface area (Å²) in [5.74, 6) is 0. The lowest BCUT2D eigenvalue weighted by Gasteiger charge is -2.07. The van der Waals surface area contributed by atoms with Crippen molar-refractivity contribution in [3.63, 3.8) is 0 Å². The minimum atomic E-state index is -3.65. The Hall–Kier alpha value is -2.47. The van der Waals surface area contributed by atoms with Gasteiger partial charge in [-0.2, -0.15) is 0 Å². The summed E-state index contributed by atoms with van der Waals surface area (Å²) in [6, 6.07) is 12.3. The van der Waals surface area contributed by atoms with Gasteiger partial charge in [-0.25, -0.2) is 8.42 Å². The number of sulfonamides is 1. The molecule has 6 heteroatoms. The van der Waals surface area contributed by atoms with Crippen molar-refractivity contribution in [2.24, 2.45) is 0 Å². The van der Waals surface area contributed by atoms with Gasteiger partial charge in [0, 0.05) is 28.5 Å². The number of H-pyrrole nitrogens is 1. The average Bonchev–Trinajstić information content (AvgIpc) is 2.81. The second-order valence-corrected chi connectivity index (χ2v) is 6.58. The number of hydrogen-bond acceptors (Lipinski definition) is 3. The molecule has 0 saturated heterocycles. The molecule has 0 spiro atoms. The van der Waals surface area contributed by atoms with Gasteiger partial charge in [0.1, 0.15) is 4.90 Å². The Labute approximate surface area is 122 Å². The first-order valence-electron chi connectivity index (χ1n) is 6.42. The molecule has 1 heterocycles. The molecule has 0 unspecified atom stereocenters. The minimum absolute atomic E-state index is 0.207. The summed E-state index contributed by atoms with van der Waals surface area (Å²) >= 11 is 0. The maximum absolute atomic E-state index is 12.5. The van der Waals surface area contributed by atoms with Crippen LogP contribution in [-0.4, -0.2) is 13.4 Å². The normalized spacial score (nSPS) is 11.7. The third-order valence-corrected chi connectivity index (χ3v) is 4.65. The zero-order valence-electron chi connectivity index (χ0n) is 11.4. The number of aromatic nitrogens is 1. The number of nitrogens with one attached hydrogen (secondary N) is 2. The van der Waals surface area contributed by atoms with Crippen molar-refractivity contribution >= 4 is 32.3 Å². The molecule has 0 amide bonds. The first-order valence-corrected chi connectivity index (χ1v) is 7.90. The number of nitrogens with two attached hydrogens (primary N) is 1. The number of benzene rings is 2. The second-order valence-electron chi connectivity index (χ2n) is 4.93. The summed E-state index contributed by atoms with van der Waals surface area (Å²) in [5, 5.41) is 0.615. The molecule has 108 valence electrons. The smallest absolute Gasteiger partial charge is 0.264 e. The largest absolute Gasteiger partial charge is 0.399 e. The van der Waals surface area contributed by atoms with Crippen LogP contribution in [0.15, 0.2) is 53.6 Å². The van der Waals surface area contributed by atoms with Crippen molar-refractivity contribution in [2.75, 3.05) is 10.5 Å². The Morgan fingerprint density at radius 3 is 2.71 bits per heavy atom. The molecule has 2 aromatic carbocycles. The standard InChI is InChI=1S/C15H15N3O2S/c1-10-3-2-4-12(7-10)18-21(19,20)15-9-17-14-8-11(16)5-6-13(14)15/h2-9,17-18H,16H2,1H3. The van der Waals surface area contributed by atoms with Gasteiger partial charge >= 0.3 is 0 Å². The van der Waals surface area contributed by atoms with E-state index in [1.165, 1.54) is 6.20 Å². The van der Waals surface area contributed by atoms with Gasteiger partial charge in [-0.1, -0.05) is 12.1 Å². The molecule has 0 atom stereocenters. The molecule has 0 aliphatic rings. The van der Waals surface area contributed by atoms with Crippen LogP contribution in [0.3, 0.4) is 0 Å². The van der Waals surface area contributed by atoms with Crippen LogP contribution in [0.1, 0.15) is 5.56 Å². The molecule has 1 aromatic heterocycles. The van der Waals surface area contributed by atoms with Crippen LogP contribution < -0.4 is 10.5 Å². The summed E-state index contributed by atoms with van der Waals surface area (Å²) in [7, 11) is -3.65. The van der Waals surface area contributed by atoms with Gasteiger partial charge < -0.3 is 10.7 Å². The zero-order valence-corrected chi connectivity index (χ0v) is 12.2. The summed E-state index contributed by atoms with van der Waals surface area (Å²) in [4.78, 5) is 3.14. The van der Waals surface area contributed by atoms with Gasteiger partial charge in [-0.15, -0.1) is 0 Å². The van der Waals surface area contributed by atoms with Crippen molar-refractivity contribution < 1.29 is 8.42 Å². The lowest BCUT2D eigenvalue weighted by molar-refractivity contribution is 0.602. The summed E-state index contributed by atoms with van der Waals surface area (Å²) in [6.45, 7) is 1.91. The Kier molecular flexibility index (Phi) is 3.10. The van der Waals surface area contributed by atoms with E-state index in [-0.39, 0.29) is 4.90 Å². The molecule has 0 bridgehead atoms. The molecule has 21 heavy (non-hydrogen) atoms. The Bertz CT molecular complexity index is 914. The van der Waals surface area contributed by atoms with Crippen LogP contribution >= 0.6 is 0 Å². The van der Waals surface area contributed by atoms with E-state index in [1.807, 2.05) is 19.1 Å². The highest BCUT2D eigenvalue weighted by atomic mass is 32.2. The van der Waals surface area contributed by atoms with Crippen LogP contribution in [0, 0.1) is 6.92 Å². The van der Waals surface area contributed by atoms with E-state index in [0.717, 1.165) is 5.56 Å². The van der Waals surface area contributed by atoms with Gasteiger partial charge in [-0.05, 0) is 42.8 Å².